The van der Waals surface area contributed by atoms with Gasteiger partial charge < -0.3 is 24.2 Å². The van der Waals surface area contributed by atoms with Gasteiger partial charge in [0.1, 0.15) is 5.76 Å². The van der Waals surface area contributed by atoms with E-state index < -0.39 is 0 Å². The molecule has 0 radical (unpaired) electrons. The summed E-state index contributed by atoms with van der Waals surface area (Å²) in [4.78, 5) is 23.4. The summed E-state index contributed by atoms with van der Waals surface area (Å²) in [6.45, 7) is 3.92. The van der Waals surface area contributed by atoms with E-state index >= 15 is 0 Å². The van der Waals surface area contributed by atoms with Crippen LogP contribution in [-0.2, 0) is 4.74 Å². The molecule has 148 valence electrons. The quantitative estimate of drug-likeness (QED) is 0.819. The van der Waals surface area contributed by atoms with Crippen LogP contribution < -0.4 is 15.0 Å². The van der Waals surface area contributed by atoms with Crippen molar-refractivity contribution in [1.82, 2.24) is 20.4 Å². The van der Waals surface area contributed by atoms with Crippen molar-refractivity contribution >= 4 is 11.9 Å². The predicted octanol–water partition coefficient (Wildman–Crippen LogP) is 1.20. The Morgan fingerprint density at radius 3 is 3.18 bits per heavy atom. The largest absolute Gasteiger partial charge is 0.481 e. The number of rotatable bonds is 5. The standard InChI is InChI=1S/C19H23N5O4/c1-11-7-14(23-28-11)17(25)21-8-12-13-9-24(10-19(13)5-3-15(12)27-19)18-20-6-4-16(22-18)26-2/h4,6-7,12-13,15H,3,5,8-10H2,1-2H3,(H,21,25)/t12-,13+,15+,19+/m0/s1. The van der Waals surface area contributed by atoms with Crippen LogP contribution in [0.25, 0.3) is 0 Å². The summed E-state index contributed by atoms with van der Waals surface area (Å²) >= 11 is 0. The van der Waals surface area contributed by atoms with Crippen LogP contribution >= 0.6 is 0 Å². The lowest BCUT2D eigenvalue weighted by Gasteiger charge is -2.29. The van der Waals surface area contributed by atoms with Crippen molar-refractivity contribution in [2.75, 3.05) is 31.6 Å². The van der Waals surface area contributed by atoms with E-state index in [4.69, 9.17) is 14.0 Å². The number of carbonyl (C=O) groups excluding carboxylic acids is 1. The minimum absolute atomic E-state index is 0.170. The summed E-state index contributed by atoms with van der Waals surface area (Å²) in [5.74, 6) is 2.23. The van der Waals surface area contributed by atoms with Crippen LogP contribution in [0.1, 0.15) is 29.1 Å². The second kappa shape index (κ2) is 6.44. The zero-order valence-electron chi connectivity index (χ0n) is 15.9. The van der Waals surface area contributed by atoms with Crippen LogP contribution in [0.3, 0.4) is 0 Å². The monoisotopic (exact) mass is 385 g/mol. The maximum atomic E-state index is 12.3. The molecular weight excluding hydrogens is 362 g/mol. The van der Waals surface area contributed by atoms with Gasteiger partial charge in [0.05, 0.1) is 25.4 Å². The molecule has 3 aliphatic heterocycles. The van der Waals surface area contributed by atoms with Gasteiger partial charge in [-0.3, -0.25) is 4.79 Å². The first kappa shape index (κ1) is 17.4. The van der Waals surface area contributed by atoms with E-state index in [9.17, 15) is 4.79 Å². The topological polar surface area (TPSA) is 103 Å². The molecule has 3 aliphatic rings. The van der Waals surface area contributed by atoms with Gasteiger partial charge in [0, 0.05) is 43.3 Å². The van der Waals surface area contributed by atoms with Crippen molar-refractivity contribution in [3.05, 3.63) is 29.8 Å². The first-order chi connectivity index (χ1) is 13.6. The molecule has 9 nitrogen and oxygen atoms in total. The molecule has 2 aromatic rings. The fourth-order valence-electron chi connectivity index (χ4n) is 4.99. The Bertz CT molecular complexity index is 902. The average Bonchev–Trinajstić information content (AvgIpc) is 3.46. The smallest absolute Gasteiger partial charge is 0.273 e. The number of anilines is 1. The molecule has 4 atom stereocenters. The summed E-state index contributed by atoms with van der Waals surface area (Å²) in [5.41, 5.74) is 0.144. The number of amides is 1. The summed E-state index contributed by atoms with van der Waals surface area (Å²) in [7, 11) is 1.60. The number of hydrogen-bond acceptors (Lipinski definition) is 8. The Hall–Kier alpha value is -2.68. The molecule has 3 saturated heterocycles. The minimum atomic E-state index is -0.209. The van der Waals surface area contributed by atoms with Crippen molar-refractivity contribution in [3.63, 3.8) is 0 Å². The highest BCUT2D eigenvalue weighted by Gasteiger charge is 2.63. The second-order valence-electron chi connectivity index (χ2n) is 7.84. The number of methoxy groups -OCH3 is 1. The third-order valence-corrected chi connectivity index (χ3v) is 6.25. The predicted molar refractivity (Wildman–Crippen MR) is 98.2 cm³/mol. The number of aromatic nitrogens is 3. The van der Waals surface area contributed by atoms with Crippen molar-refractivity contribution in [2.24, 2.45) is 11.8 Å². The number of fused-ring (bicyclic) bond motifs is 1. The summed E-state index contributed by atoms with van der Waals surface area (Å²) < 4.78 is 16.7. The lowest BCUT2D eigenvalue weighted by atomic mass is 9.73. The van der Waals surface area contributed by atoms with E-state index in [1.54, 1.807) is 32.4 Å². The first-order valence-electron chi connectivity index (χ1n) is 9.59. The number of aryl methyl sites for hydroxylation is 1. The van der Waals surface area contributed by atoms with Crippen molar-refractivity contribution < 1.29 is 18.8 Å². The molecule has 1 N–H and O–H groups in total. The van der Waals surface area contributed by atoms with Gasteiger partial charge in [-0.15, -0.1) is 0 Å². The highest BCUT2D eigenvalue weighted by molar-refractivity contribution is 5.92. The normalized spacial score (nSPS) is 30.5. The van der Waals surface area contributed by atoms with Crippen molar-refractivity contribution in [3.8, 4) is 5.88 Å². The van der Waals surface area contributed by atoms with Gasteiger partial charge in [0.2, 0.25) is 11.8 Å². The second-order valence-corrected chi connectivity index (χ2v) is 7.84. The Balaban J connectivity index is 1.30. The zero-order chi connectivity index (χ0) is 19.3. The van der Waals surface area contributed by atoms with E-state index in [0.717, 1.165) is 25.9 Å². The third kappa shape index (κ3) is 2.72. The SMILES string of the molecule is COc1ccnc(N2C[C@@H]3[C@H](CNC(=O)c4cc(C)on4)[C@H]4CC[C@]3(C2)O4)n1. The Kier molecular flexibility index (Phi) is 4.01. The van der Waals surface area contributed by atoms with Gasteiger partial charge in [-0.05, 0) is 19.8 Å². The fourth-order valence-corrected chi connectivity index (χ4v) is 4.99. The molecule has 5 rings (SSSR count). The summed E-state index contributed by atoms with van der Waals surface area (Å²) in [6, 6.07) is 3.39. The Labute approximate surface area is 162 Å². The van der Waals surface area contributed by atoms with Gasteiger partial charge in [0.15, 0.2) is 5.69 Å². The molecule has 2 aromatic heterocycles. The molecule has 9 heteroatoms. The number of carbonyl (C=O) groups is 1. The molecule has 28 heavy (non-hydrogen) atoms. The van der Waals surface area contributed by atoms with E-state index in [1.165, 1.54) is 0 Å². The molecular formula is C19H23N5O4. The lowest BCUT2D eigenvalue weighted by molar-refractivity contribution is 0.0141. The van der Waals surface area contributed by atoms with Crippen LogP contribution in [0, 0.1) is 18.8 Å². The van der Waals surface area contributed by atoms with E-state index in [1.807, 2.05) is 0 Å². The maximum Gasteiger partial charge on any atom is 0.273 e. The van der Waals surface area contributed by atoms with Gasteiger partial charge in [-0.2, -0.15) is 4.98 Å². The van der Waals surface area contributed by atoms with Crippen LogP contribution in [-0.4, -0.2) is 59.5 Å². The van der Waals surface area contributed by atoms with Gasteiger partial charge in [-0.1, -0.05) is 5.16 Å². The number of nitrogens with one attached hydrogen (secondary N) is 1. The molecule has 2 bridgehead atoms. The molecule has 1 amide bonds. The molecule has 0 aromatic carbocycles. The minimum Gasteiger partial charge on any atom is -0.481 e. The maximum absolute atomic E-state index is 12.3. The molecule has 5 heterocycles. The van der Waals surface area contributed by atoms with Gasteiger partial charge >= 0.3 is 0 Å². The average molecular weight is 385 g/mol. The number of hydrogen-bond donors (Lipinski definition) is 1. The molecule has 0 aliphatic carbocycles. The van der Waals surface area contributed by atoms with E-state index in [2.05, 4.69) is 25.3 Å². The highest BCUT2D eigenvalue weighted by atomic mass is 16.5. The number of ether oxygens (including phenoxy) is 2. The van der Waals surface area contributed by atoms with Crippen LogP contribution in [0.2, 0.25) is 0 Å². The highest BCUT2D eigenvalue weighted by Crippen LogP contribution is 2.55. The van der Waals surface area contributed by atoms with Crippen LogP contribution in [0.5, 0.6) is 5.88 Å². The molecule has 3 fully saturated rings. The van der Waals surface area contributed by atoms with Gasteiger partial charge in [0.25, 0.3) is 5.91 Å². The van der Waals surface area contributed by atoms with Crippen molar-refractivity contribution in [1.29, 1.82) is 0 Å². The van der Waals surface area contributed by atoms with Crippen LogP contribution in [0.4, 0.5) is 5.95 Å². The number of nitrogens with zero attached hydrogens (tertiary/aromatic N) is 4. The first-order valence-corrected chi connectivity index (χ1v) is 9.59. The zero-order valence-corrected chi connectivity index (χ0v) is 15.9. The van der Waals surface area contributed by atoms with Crippen molar-refractivity contribution in [2.45, 2.75) is 31.5 Å². The van der Waals surface area contributed by atoms with Gasteiger partial charge in [-0.25, -0.2) is 4.98 Å². The molecule has 0 saturated carbocycles. The van der Waals surface area contributed by atoms with E-state index in [0.29, 0.717) is 35.7 Å². The molecule has 0 unspecified atom stereocenters. The summed E-state index contributed by atoms with van der Waals surface area (Å²) in [5, 5.41) is 6.80. The Morgan fingerprint density at radius 2 is 2.39 bits per heavy atom. The third-order valence-electron chi connectivity index (χ3n) is 6.25. The summed E-state index contributed by atoms with van der Waals surface area (Å²) in [6.07, 6.45) is 3.96. The van der Waals surface area contributed by atoms with E-state index in [-0.39, 0.29) is 23.5 Å². The fraction of sp³-hybridized carbons (Fsp3) is 0.579. The van der Waals surface area contributed by atoms with Crippen LogP contribution in [0.15, 0.2) is 22.9 Å². The Morgan fingerprint density at radius 1 is 1.50 bits per heavy atom. The lowest BCUT2D eigenvalue weighted by Crippen LogP contribution is -2.42. The molecule has 1 spiro atoms.